The highest BCUT2D eigenvalue weighted by molar-refractivity contribution is 5.88. The minimum Gasteiger partial charge on any atom is -0.481 e. The molecule has 0 aliphatic rings. The summed E-state index contributed by atoms with van der Waals surface area (Å²) in [5.74, 6) is -5.46. The van der Waals surface area contributed by atoms with E-state index in [-0.39, 0.29) is 24.4 Å². The number of rotatable bonds is 5. The van der Waals surface area contributed by atoms with Gasteiger partial charge in [-0.25, -0.2) is 9.59 Å². The fraction of sp³-hybridized carbons (Fsp3) is 0.200. The van der Waals surface area contributed by atoms with Crippen LogP contribution in [0.3, 0.4) is 0 Å². The van der Waals surface area contributed by atoms with Gasteiger partial charge < -0.3 is 24.8 Å². The SMILES string of the molecule is O=C(O)CCC(=O)O.O=C(O)c1ccc(C(=O)O)o1. The lowest BCUT2D eigenvalue weighted by atomic mass is 10.3. The second-order valence-electron chi connectivity index (χ2n) is 3.06. The topological polar surface area (TPSA) is 162 Å². The zero-order valence-electron chi connectivity index (χ0n) is 9.40. The van der Waals surface area contributed by atoms with Crippen LogP contribution in [0.2, 0.25) is 0 Å². The molecule has 0 fully saturated rings. The maximum atomic E-state index is 10.2. The molecule has 0 atom stereocenters. The second-order valence-corrected chi connectivity index (χ2v) is 3.06. The molecule has 0 amide bonds. The Balaban J connectivity index is 0.000000362. The fourth-order valence-corrected chi connectivity index (χ4v) is 0.782. The molecule has 4 N–H and O–H groups in total. The van der Waals surface area contributed by atoms with Crippen LogP contribution >= 0.6 is 0 Å². The standard InChI is InChI=1S/C6H4O5.C4H6O4/c7-5(8)3-1-2-4(11-3)6(9)10;5-3(6)1-2-4(7)8/h1-2H,(H,7,8)(H,9,10);1-2H2,(H,5,6)(H,7,8). The third kappa shape index (κ3) is 7.15. The molecule has 9 nitrogen and oxygen atoms in total. The molecule has 9 heteroatoms. The number of hydrogen-bond acceptors (Lipinski definition) is 5. The van der Waals surface area contributed by atoms with E-state index in [1.165, 1.54) is 0 Å². The molecule has 0 radical (unpaired) electrons. The molecule has 104 valence electrons. The van der Waals surface area contributed by atoms with E-state index in [0.717, 1.165) is 12.1 Å². The van der Waals surface area contributed by atoms with Crippen LogP contribution in [0.1, 0.15) is 34.0 Å². The van der Waals surface area contributed by atoms with Crippen molar-refractivity contribution in [2.45, 2.75) is 12.8 Å². The van der Waals surface area contributed by atoms with Gasteiger partial charge in [-0.05, 0) is 12.1 Å². The highest BCUT2D eigenvalue weighted by Crippen LogP contribution is 2.06. The van der Waals surface area contributed by atoms with Crippen molar-refractivity contribution >= 4 is 23.9 Å². The molecule has 0 aliphatic heterocycles. The third-order valence-electron chi connectivity index (χ3n) is 1.58. The number of carbonyl (C=O) groups is 4. The van der Waals surface area contributed by atoms with E-state index in [2.05, 4.69) is 4.42 Å². The van der Waals surface area contributed by atoms with E-state index in [0.29, 0.717) is 0 Å². The Bertz CT molecular complexity index is 442. The van der Waals surface area contributed by atoms with Gasteiger partial charge >= 0.3 is 23.9 Å². The van der Waals surface area contributed by atoms with Gasteiger partial charge in [-0.2, -0.15) is 0 Å². The highest BCUT2D eigenvalue weighted by atomic mass is 16.4. The first-order chi connectivity index (χ1) is 8.73. The van der Waals surface area contributed by atoms with Gasteiger partial charge in [0.25, 0.3) is 0 Å². The van der Waals surface area contributed by atoms with Crippen molar-refractivity contribution < 1.29 is 44.0 Å². The monoisotopic (exact) mass is 274 g/mol. The summed E-state index contributed by atoms with van der Waals surface area (Å²) in [7, 11) is 0. The van der Waals surface area contributed by atoms with Crippen molar-refractivity contribution in [3.63, 3.8) is 0 Å². The fourth-order valence-electron chi connectivity index (χ4n) is 0.782. The van der Waals surface area contributed by atoms with Gasteiger partial charge in [0.15, 0.2) is 0 Å². The minimum atomic E-state index is -1.28. The smallest absolute Gasteiger partial charge is 0.371 e. The van der Waals surface area contributed by atoms with Crippen LogP contribution < -0.4 is 0 Å². The zero-order valence-corrected chi connectivity index (χ0v) is 9.40. The summed E-state index contributed by atoms with van der Waals surface area (Å²) in [5, 5.41) is 32.4. The summed E-state index contributed by atoms with van der Waals surface area (Å²) in [4.78, 5) is 39.6. The molecule has 0 aliphatic carbocycles. The Hall–Kier alpha value is -2.84. The zero-order chi connectivity index (χ0) is 15.0. The van der Waals surface area contributed by atoms with Gasteiger partial charge in [-0.3, -0.25) is 9.59 Å². The molecule has 0 bridgehead atoms. The largest absolute Gasteiger partial charge is 0.481 e. The molecule has 1 heterocycles. The van der Waals surface area contributed by atoms with E-state index in [1.54, 1.807) is 0 Å². The van der Waals surface area contributed by atoms with Gasteiger partial charge in [0.05, 0.1) is 12.8 Å². The molecule has 0 spiro atoms. The van der Waals surface area contributed by atoms with E-state index >= 15 is 0 Å². The average molecular weight is 274 g/mol. The maximum Gasteiger partial charge on any atom is 0.371 e. The van der Waals surface area contributed by atoms with Crippen LogP contribution in [0.5, 0.6) is 0 Å². The lowest BCUT2D eigenvalue weighted by Crippen LogP contribution is -2.00. The molecule has 1 aromatic rings. The van der Waals surface area contributed by atoms with E-state index in [9.17, 15) is 19.2 Å². The lowest BCUT2D eigenvalue weighted by Gasteiger charge is -1.85. The predicted molar refractivity (Wildman–Crippen MR) is 57.1 cm³/mol. The Kier molecular flexibility index (Phi) is 6.36. The van der Waals surface area contributed by atoms with Crippen molar-refractivity contribution in [3.05, 3.63) is 23.7 Å². The van der Waals surface area contributed by atoms with Gasteiger partial charge in [-0.15, -0.1) is 0 Å². The second kappa shape index (κ2) is 7.48. The summed E-state index contributed by atoms with van der Waals surface area (Å²) < 4.78 is 4.41. The molecule has 0 saturated heterocycles. The Morgan fingerprint density at radius 2 is 1.11 bits per heavy atom. The van der Waals surface area contributed by atoms with E-state index in [1.807, 2.05) is 0 Å². The van der Waals surface area contributed by atoms with Crippen LogP contribution in [-0.2, 0) is 9.59 Å². The molecule has 0 unspecified atom stereocenters. The number of carboxylic acid groups (broad SMARTS) is 4. The van der Waals surface area contributed by atoms with Crippen LogP contribution in [0.15, 0.2) is 16.5 Å². The summed E-state index contributed by atoms with van der Waals surface area (Å²) in [6.45, 7) is 0. The van der Waals surface area contributed by atoms with Crippen molar-refractivity contribution in [3.8, 4) is 0 Å². The third-order valence-corrected chi connectivity index (χ3v) is 1.58. The highest BCUT2D eigenvalue weighted by Gasteiger charge is 2.12. The number of aliphatic carboxylic acids is 2. The summed E-state index contributed by atoms with van der Waals surface area (Å²) in [6.07, 6.45) is -0.593. The summed E-state index contributed by atoms with van der Waals surface area (Å²) in [5.41, 5.74) is 0. The molecule has 1 rings (SSSR count). The van der Waals surface area contributed by atoms with Crippen LogP contribution in [0, 0.1) is 0 Å². The van der Waals surface area contributed by atoms with Gasteiger partial charge in [0.2, 0.25) is 11.5 Å². The van der Waals surface area contributed by atoms with Crippen LogP contribution in [0.4, 0.5) is 0 Å². The van der Waals surface area contributed by atoms with Gasteiger partial charge in [0.1, 0.15) is 0 Å². The molecular weight excluding hydrogens is 264 g/mol. The van der Waals surface area contributed by atoms with Crippen molar-refractivity contribution in [2.24, 2.45) is 0 Å². The first-order valence-corrected chi connectivity index (χ1v) is 4.74. The average Bonchev–Trinajstić information content (AvgIpc) is 2.76. The van der Waals surface area contributed by atoms with Crippen molar-refractivity contribution in [1.29, 1.82) is 0 Å². The summed E-state index contributed by atoms with van der Waals surface area (Å²) in [6, 6.07) is 2.18. The van der Waals surface area contributed by atoms with Gasteiger partial charge in [0, 0.05) is 0 Å². The number of carboxylic acids is 4. The van der Waals surface area contributed by atoms with Crippen molar-refractivity contribution in [1.82, 2.24) is 0 Å². The Labute approximate surface area is 105 Å². The molecule has 1 aromatic heterocycles. The minimum absolute atomic E-state index is 0.296. The van der Waals surface area contributed by atoms with Crippen LogP contribution in [0.25, 0.3) is 0 Å². The Morgan fingerprint density at radius 1 is 0.789 bits per heavy atom. The summed E-state index contributed by atoms with van der Waals surface area (Å²) >= 11 is 0. The molecular formula is C10H10O9. The first-order valence-electron chi connectivity index (χ1n) is 4.74. The molecule has 0 aromatic carbocycles. The first kappa shape index (κ1) is 16.2. The predicted octanol–water partition coefficient (Wildman–Crippen LogP) is 0.612. The Morgan fingerprint density at radius 3 is 1.26 bits per heavy atom. The van der Waals surface area contributed by atoms with Gasteiger partial charge in [-0.1, -0.05) is 0 Å². The van der Waals surface area contributed by atoms with E-state index < -0.39 is 23.9 Å². The van der Waals surface area contributed by atoms with Crippen molar-refractivity contribution in [2.75, 3.05) is 0 Å². The number of aromatic carboxylic acids is 2. The number of furan rings is 1. The normalized spacial score (nSPS) is 9.05. The molecule has 19 heavy (non-hydrogen) atoms. The van der Waals surface area contributed by atoms with Crippen LogP contribution in [-0.4, -0.2) is 44.3 Å². The lowest BCUT2D eigenvalue weighted by molar-refractivity contribution is -0.143. The number of hydrogen-bond donors (Lipinski definition) is 4. The van der Waals surface area contributed by atoms with E-state index in [4.69, 9.17) is 20.4 Å². The maximum absolute atomic E-state index is 10.2. The molecule has 0 saturated carbocycles. The quantitative estimate of drug-likeness (QED) is 0.602.